The number of methoxy groups -OCH3 is 1. The second-order valence-electron chi connectivity index (χ2n) is 4.36. The van der Waals surface area contributed by atoms with Crippen LogP contribution in [0, 0.1) is 11.7 Å². The van der Waals surface area contributed by atoms with Crippen molar-refractivity contribution in [3.05, 3.63) is 34.1 Å². The summed E-state index contributed by atoms with van der Waals surface area (Å²) in [5, 5.41) is 0. The predicted octanol–water partition coefficient (Wildman–Crippen LogP) is 2.22. The Morgan fingerprint density at radius 3 is 2.84 bits per heavy atom. The van der Waals surface area contributed by atoms with Crippen molar-refractivity contribution in [2.45, 2.75) is 6.42 Å². The molecule has 1 aliphatic heterocycles. The number of halogens is 2. The van der Waals surface area contributed by atoms with Crippen molar-refractivity contribution in [1.29, 1.82) is 0 Å². The Morgan fingerprint density at radius 1 is 1.47 bits per heavy atom. The van der Waals surface area contributed by atoms with Gasteiger partial charge in [-0.25, -0.2) is 4.39 Å². The lowest BCUT2D eigenvalue weighted by atomic mass is 10.1. The van der Waals surface area contributed by atoms with Gasteiger partial charge in [-0.15, -0.1) is 0 Å². The summed E-state index contributed by atoms with van der Waals surface area (Å²) in [6, 6.07) is 4.38. The zero-order chi connectivity index (χ0) is 14.0. The third-order valence-corrected chi connectivity index (χ3v) is 3.85. The van der Waals surface area contributed by atoms with Crippen LogP contribution >= 0.6 is 15.9 Å². The number of hydrogen-bond donors (Lipinski definition) is 0. The summed E-state index contributed by atoms with van der Waals surface area (Å²) in [5.41, 5.74) is 0.00742. The molecule has 0 aliphatic carbocycles. The first kappa shape index (κ1) is 14.0. The molecule has 1 aliphatic rings. The lowest BCUT2D eigenvalue weighted by Gasteiger charge is -2.17. The van der Waals surface area contributed by atoms with Crippen LogP contribution in [0.15, 0.2) is 22.7 Å². The molecule has 1 atom stereocenters. The lowest BCUT2D eigenvalue weighted by molar-refractivity contribution is -0.144. The van der Waals surface area contributed by atoms with Crippen LogP contribution in [0.4, 0.5) is 4.39 Å². The highest BCUT2D eigenvalue weighted by Gasteiger charge is 2.33. The Hall–Kier alpha value is -1.43. The largest absolute Gasteiger partial charge is 0.469 e. The number of rotatable bonds is 2. The van der Waals surface area contributed by atoms with Gasteiger partial charge >= 0.3 is 5.97 Å². The number of carbonyl (C=O) groups is 2. The molecule has 4 nitrogen and oxygen atoms in total. The van der Waals surface area contributed by atoms with Crippen LogP contribution in [0.25, 0.3) is 0 Å². The zero-order valence-corrected chi connectivity index (χ0v) is 11.9. The van der Waals surface area contributed by atoms with Gasteiger partial charge in [-0.2, -0.15) is 0 Å². The molecule has 0 bridgehead atoms. The molecule has 1 unspecified atom stereocenters. The van der Waals surface area contributed by atoms with Gasteiger partial charge in [-0.1, -0.05) is 6.07 Å². The Balaban J connectivity index is 2.16. The molecule has 1 heterocycles. The summed E-state index contributed by atoms with van der Waals surface area (Å²) < 4.78 is 18.8. The summed E-state index contributed by atoms with van der Waals surface area (Å²) in [6.07, 6.45) is 0.546. The van der Waals surface area contributed by atoms with Crippen LogP contribution < -0.4 is 0 Å². The molecule has 0 N–H and O–H groups in total. The molecule has 6 heteroatoms. The van der Waals surface area contributed by atoms with E-state index in [-0.39, 0.29) is 24.0 Å². The summed E-state index contributed by atoms with van der Waals surface area (Å²) in [5.74, 6) is -1.63. The molecule has 1 fully saturated rings. The summed E-state index contributed by atoms with van der Waals surface area (Å²) in [6.45, 7) is 0.700. The van der Waals surface area contributed by atoms with Crippen LogP contribution in [-0.4, -0.2) is 37.0 Å². The zero-order valence-electron chi connectivity index (χ0n) is 10.4. The van der Waals surface area contributed by atoms with Crippen molar-refractivity contribution < 1.29 is 18.7 Å². The average Bonchev–Trinajstić information content (AvgIpc) is 2.87. The highest BCUT2D eigenvalue weighted by molar-refractivity contribution is 9.10. The highest BCUT2D eigenvalue weighted by atomic mass is 79.9. The van der Waals surface area contributed by atoms with Crippen LogP contribution in [0.5, 0.6) is 0 Å². The fourth-order valence-corrected chi connectivity index (χ4v) is 2.68. The maximum atomic E-state index is 13.7. The molecule has 102 valence electrons. The highest BCUT2D eigenvalue weighted by Crippen LogP contribution is 2.25. The van der Waals surface area contributed by atoms with E-state index in [4.69, 9.17) is 0 Å². The Kier molecular flexibility index (Phi) is 4.19. The number of amides is 1. The Morgan fingerprint density at radius 2 is 2.21 bits per heavy atom. The third kappa shape index (κ3) is 2.78. The second-order valence-corrected chi connectivity index (χ2v) is 5.21. The van der Waals surface area contributed by atoms with Crippen LogP contribution in [0.1, 0.15) is 16.8 Å². The first-order valence-corrected chi connectivity index (χ1v) is 6.65. The van der Waals surface area contributed by atoms with E-state index in [0.717, 1.165) is 0 Å². The van der Waals surface area contributed by atoms with E-state index in [1.165, 1.54) is 24.1 Å². The maximum Gasteiger partial charge on any atom is 0.310 e. The van der Waals surface area contributed by atoms with Gasteiger partial charge in [0, 0.05) is 17.6 Å². The van der Waals surface area contributed by atoms with Crippen molar-refractivity contribution >= 4 is 27.8 Å². The van der Waals surface area contributed by atoms with Gasteiger partial charge in [0.15, 0.2) is 0 Å². The SMILES string of the molecule is COC(=O)C1CCN(C(=O)c2c(F)cccc2Br)C1. The van der Waals surface area contributed by atoms with Crippen molar-refractivity contribution in [1.82, 2.24) is 4.90 Å². The average molecular weight is 330 g/mol. The molecule has 0 aromatic heterocycles. The molecule has 0 saturated carbocycles. The van der Waals surface area contributed by atoms with Crippen LogP contribution in [0.3, 0.4) is 0 Å². The molecule has 1 aromatic carbocycles. The maximum absolute atomic E-state index is 13.7. The Bertz CT molecular complexity index is 500. The normalized spacial score (nSPS) is 18.5. The van der Waals surface area contributed by atoms with Gasteiger partial charge in [-0.3, -0.25) is 9.59 Å². The fraction of sp³-hybridized carbons (Fsp3) is 0.385. The molecule has 1 aromatic rings. The minimum absolute atomic E-state index is 0.00742. The minimum atomic E-state index is -0.569. The monoisotopic (exact) mass is 329 g/mol. The summed E-state index contributed by atoms with van der Waals surface area (Å²) in [7, 11) is 1.32. The van der Waals surface area contributed by atoms with Gasteiger partial charge in [-0.05, 0) is 34.5 Å². The quantitative estimate of drug-likeness (QED) is 0.781. The van der Waals surface area contributed by atoms with Crippen molar-refractivity contribution in [3.8, 4) is 0 Å². The van der Waals surface area contributed by atoms with Crippen LogP contribution in [-0.2, 0) is 9.53 Å². The number of nitrogens with zero attached hydrogens (tertiary/aromatic N) is 1. The standard InChI is InChI=1S/C13H13BrFNO3/c1-19-13(18)8-5-6-16(7-8)12(17)11-9(14)3-2-4-10(11)15/h2-4,8H,5-7H2,1H3. The smallest absolute Gasteiger partial charge is 0.310 e. The third-order valence-electron chi connectivity index (χ3n) is 3.19. The van der Waals surface area contributed by atoms with Gasteiger partial charge in [0.05, 0.1) is 18.6 Å². The molecule has 1 saturated heterocycles. The van der Waals surface area contributed by atoms with E-state index in [0.29, 0.717) is 17.4 Å². The lowest BCUT2D eigenvalue weighted by Crippen LogP contribution is -2.31. The van der Waals surface area contributed by atoms with E-state index < -0.39 is 11.7 Å². The van der Waals surface area contributed by atoms with Crippen molar-refractivity contribution in [3.63, 3.8) is 0 Å². The number of likely N-dealkylation sites (tertiary alicyclic amines) is 1. The van der Waals surface area contributed by atoms with E-state index in [9.17, 15) is 14.0 Å². The van der Waals surface area contributed by atoms with E-state index in [2.05, 4.69) is 20.7 Å². The van der Waals surface area contributed by atoms with E-state index in [1.807, 2.05) is 0 Å². The topological polar surface area (TPSA) is 46.6 Å². The van der Waals surface area contributed by atoms with Gasteiger partial charge in [0.1, 0.15) is 5.82 Å². The first-order chi connectivity index (χ1) is 9.04. The second kappa shape index (κ2) is 5.69. The van der Waals surface area contributed by atoms with Crippen LogP contribution in [0.2, 0.25) is 0 Å². The van der Waals surface area contributed by atoms with Gasteiger partial charge in [0.25, 0.3) is 5.91 Å². The van der Waals surface area contributed by atoms with Gasteiger partial charge < -0.3 is 9.64 Å². The molecule has 0 radical (unpaired) electrons. The van der Waals surface area contributed by atoms with Crippen molar-refractivity contribution in [2.75, 3.05) is 20.2 Å². The minimum Gasteiger partial charge on any atom is -0.469 e. The first-order valence-electron chi connectivity index (χ1n) is 5.85. The van der Waals surface area contributed by atoms with Gasteiger partial charge in [0.2, 0.25) is 0 Å². The van der Waals surface area contributed by atoms with E-state index >= 15 is 0 Å². The van der Waals surface area contributed by atoms with E-state index in [1.54, 1.807) is 6.07 Å². The summed E-state index contributed by atoms with van der Waals surface area (Å²) in [4.78, 5) is 25.1. The molecular weight excluding hydrogens is 317 g/mol. The summed E-state index contributed by atoms with van der Waals surface area (Å²) >= 11 is 3.17. The van der Waals surface area contributed by atoms with Crippen molar-refractivity contribution in [2.24, 2.45) is 5.92 Å². The molecule has 19 heavy (non-hydrogen) atoms. The Labute approximate surface area is 118 Å². The number of ether oxygens (including phenoxy) is 1. The number of benzene rings is 1. The fourth-order valence-electron chi connectivity index (χ4n) is 2.16. The molecular formula is C13H13BrFNO3. The molecule has 2 rings (SSSR count). The molecule has 0 spiro atoms. The molecule has 1 amide bonds. The number of esters is 1. The number of hydrogen-bond acceptors (Lipinski definition) is 3. The predicted molar refractivity (Wildman–Crippen MR) is 70.1 cm³/mol. The number of carbonyl (C=O) groups excluding carboxylic acids is 2.